The van der Waals surface area contributed by atoms with Crippen LogP contribution < -0.4 is 15.8 Å². The smallest absolute Gasteiger partial charge is 0.198 e. The summed E-state index contributed by atoms with van der Waals surface area (Å²) in [6.07, 6.45) is 6.04. The van der Waals surface area contributed by atoms with Crippen LogP contribution in [0.3, 0.4) is 0 Å². The Balaban J connectivity index is 1.95. The Hall–Kier alpha value is -2.20. The van der Waals surface area contributed by atoms with Gasteiger partial charge in [-0.15, -0.1) is 0 Å². The summed E-state index contributed by atoms with van der Waals surface area (Å²) >= 11 is 0. The van der Waals surface area contributed by atoms with Crippen LogP contribution in [0.4, 0.5) is 0 Å². The number of nitrogens with zero attached hydrogens (tertiary/aromatic N) is 1. The molecule has 0 radical (unpaired) electrons. The van der Waals surface area contributed by atoms with Crippen LogP contribution in [-0.2, 0) is 9.47 Å². The Morgan fingerprint density at radius 3 is 2.73 bits per heavy atom. The molecule has 1 aromatic rings. The fourth-order valence-electron chi connectivity index (χ4n) is 3.33. The van der Waals surface area contributed by atoms with Crippen molar-refractivity contribution < 1.29 is 9.47 Å². The van der Waals surface area contributed by atoms with E-state index in [0.29, 0.717) is 0 Å². The third-order valence-electron chi connectivity index (χ3n) is 4.39. The van der Waals surface area contributed by atoms with Gasteiger partial charge in [-0.05, 0) is 23.4 Å². The Bertz CT molecular complexity index is 758. The molecule has 1 fully saturated rings. The Labute approximate surface area is 130 Å². The van der Waals surface area contributed by atoms with Gasteiger partial charge in [-0.3, -0.25) is 0 Å². The molecule has 1 saturated heterocycles. The minimum atomic E-state index is -0.0697. The van der Waals surface area contributed by atoms with E-state index >= 15 is 0 Å². The molecule has 0 aromatic heterocycles. The van der Waals surface area contributed by atoms with Crippen LogP contribution >= 0.6 is 0 Å². The second-order valence-corrected chi connectivity index (χ2v) is 5.66. The highest BCUT2D eigenvalue weighted by atomic mass is 16.5. The number of methoxy groups -OCH3 is 1. The predicted octanol–water partition coefficient (Wildman–Crippen LogP) is 0.307. The summed E-state index contributed by atoms with van der Waals surface area (Å²) < 4.78 is 11.9. The van der Waals surface area contributed by atoms with Gasteiger partial charge in [-0.2, -0.15) is 0 Å². The van der Waals surface area contributed by atoms with E-state index in [4.69, 9.17) is 9.47 Å². The van der Waals surface area contributed by atoms with Crippen LogP contribution in [0.25, 0.3) is 11.5 Å². The maximum absolute atomic E-state index is 6.36. The lowest BCUT2D eigenvalue weighted by molar-refractivity contribution is 0.157. The van der Waals surface area contributed by atoms with Gasteiger partial charge >= 0.3 is 0 Å². The number of piperazine rings is 1. The molecular formula is C18H20N2O2. The molecule has 0 saturated carbocycles. The summed E-state index contributed by atoms with van der Waals surface area (Å²) in [6, 6.07) is 8.45. The van der Waals surface area contributed by atoms with Crippen molar-refractivity contribution in [1.82, 2.24) is 10.2 Å². The zero-order valence-corrected chi connectivity index (χ0v) is 12.7. The quantitative estimate of drug-likeness (QED) is 0.851. The standard InChI is InChI=1S/C18H20N2O2/c1-21-15-7-4-8-16-17(15)13-5-2-3-6-14(13)18(22-16)20-11-9-19-10-12-20/h2-8,16,19H,9-12H2,1H3. The zero-order chi connectivity index (χ0) is 14.9. The maximum Gasteiger partial charge on any atom is 0.198 e. The summed E-state index contributed by atoms with van der Waals surface area (Å²) in [7, 11) is 1.72. The van der Waals surface area contributed by atoms with E-state index in [1.807, 2.05) is 12.2 Å². The van der Waals surface area contributed by atoms with Gasteiger partial charge in [0, 0.05) is 37.0 Å². The molecule has 4 rings (SSSR count). The first-order valence-corrected chi connectivity index (χ1v) is 7.77. The molecule has 2 aliphatic heterocycles. The monoisotopic (exact) mass is 296 g/mol. The van der Waals surface area contributed by atoms with Crippen LogP contribution in [-0.4, -0.2) is 44.3 Å². The van der Waals surface area contributed by atoms with Crippen molar-refractivity contribution in [3.63, 3.8) is 0 Å². The second-order valence-electron chi connectivity index (χ2n) is 5.66. The van der Waals surface area contributed by atoms with E-state index in [0.717, 1.165) is 48.6 Å². The van der Waals surface area contributed by atoms with Gasteiger partial charge in [0.05, 0.1) is 7.11 Å². The molecule has 1 N–H and O–H groups in total. The van der Waals surface area contributed by atoms with Gasteiger partial charge in [0.25, 0.3) is 0 Å². The maximum atomic E-state index is 6.36. The highest BCUT2D eigenvalue weighted by molar-refractivity contribution is 5.72. The molecule has 2 heterocycles. The van der Waals surface area contributed by atoms with Crippen LogP contribution in [0.15, 0.2) is 48.3 Å². The molecule has 114 valence electrons. The van der Waals surface area contributed by atoms with Gasteiger partial charge in [-0.1, -0.05) is 24.3 Å². The number of ether oxygens (including phenoxy) is 2. The fourth-order valence-corrected chi connectivity index (χ4v) is 3.33. The third kappa shape index (κ3) is 2.11. The number of benzene rings is 1. The van der Waals surface area contributed by atoms with Gasteiger partial charge in [0.1, 0.15) is 11.9 Å². The van der Waals surface area contributed by atoms with Crippen molar-refractivity contribution in [3.05, 3.63) is 58.7 Å². The summed E-state index contributed by atoms with van der Waals surface area (Å²) in [5.74, 6) is 1.88. The first kappa shape index (κ1) is 13.5. The molecule has 4 nitrogen and oxygen atoms in total. The van der Waals surface area contributed by atoms with E-state index in [-0.39, 0.29) is 6.10 Å². The third-order valence-corrected chi connectivity index (χ3v) is 4.39. The molecular weight excluding hydrogens is 276 g/mol. The van der Waals surface area contributed by atoms with E-state index < -0.39 is 0 Å². The number of rotatable bonds is 2. The van der Waals surface area contributed by atoms with E-state index in [1.54, 1.807) is 7.11 Å². The number of hydrogen-bond acceptors (Lipinski definition) is 4. The van der Waals surface area contributed by atoms with Crippen LogP contribution in [0, 0.1) is 0 Å². The van der Waals surface area contributed by atoms with Crippen molar-refractivity contribution in [1.29, 1.82) is 0 Å². The van der Waals surface area contributed by atoms with Crippen molar-refractivity contribution in [2.75, 3.05) is 33.3 Å². The Morgan fingerprint density at radius 1 is 1.18 bits per heavy atom. The van der Waals surface area contributed by atoms with Crippen molar-refractivity contribution in [3.8, 4) is 0 Å². The first-order valence-electron chi connectivity index (χ1n) is 7.77. The number of hydrogen-bond donors (Lipinski definition) is 1. The van der Waals surface area contributed by atoms with E-state index in [2.05, 4.69) is 40.6 Å². The molecule has 3 aliphatic rings. The lowest BCUT2D eigenvalue weighted by Crippen LogP contribution is -2.49. The lowest BCUT2D eigenvalue weighted by Gasteiger charge is -2.36. The SMILES string of the molecule is COC1=CC=CC2OC(N3CCNCC3)=c3ccccc3=C12. The average molecular weight is 296 g/mol. The highest BCUT2D eigenvalue weighted by Gasteiger charge is 2.29. The van der Waals surface area contributed by atoms with Crippen LogP contribution in [0.5, 0.6) is 0 Å². The van der Waals surface area contributed by atoms with Gasteiger partial charge in [-0.25, -0.2) is 0 Å². The van der Waals surface area contributed by atoms with Crippen molar-refractivity contribution >= 4 is 11.5 Å². The largest absolute Gasteiger partial charge is 0.496 e. The van der Waals surface area contributed by atoms with Gasteiger partial charge in [0.15, 0.2) is 5.88 Å². The highest BCUT2D eigenvalue weighted by Crippen LogP contribution is 2.27. The Morgan fingerprint density at radius 2 is 1.95 bits per heavy atom. The van der Waals surface area contributed by atoms with Crippen LogP contribution in [0.2, 0.25) is 0 Å². The first-order chi connectivity index (χ1) is 10.9. The normalized spacial score (nSPS) is 23.4. The lowest BCUT2D eigenvalue weighted by atomic mass is 9.96. The van der Waals surface area contributed by atoms with E-state index in [9.17, 15) is 0 Å². The summed E-state index contributed by atoms with van der Waals surface area (Å²) in [6.45, 7) is 3.94. The molecule has 0 spiro atoms. The molecule has 4 heteroatoms. The van der Waals surface area contributed by atoms with E-state index in [1.165, 1.54) is 5.22 Å². The average Bonchev–Trinajstić information content (AvgIpc) is 2.61. The second kappa shape index (κ2) is 5.54. The summed E-state index contributed by atoms with van der Waals surface area (Å²) in [5, 5.41) is 5.77. The van der Waals surface area contributed by atoms with Crippen molar-refractivity contribution in [2.24, 2.45) is 0 Å². The Kier molecular flexibility index (Phi) is 3.39. The molecule has 0 amide bonds. The molecule has 1 aliphatic carbocycles. The molecule has 1 aromatic carbocycles. The summed E-state index contributed by atoms with van der Waals surface area (Å²) in [5.41, 5.74) is 1.12. The van der Waals surface area contributed by atoms with Crippen LogP contribution in [0.1, 0.15) is 0 Å². The summed E-state index contributed by atoms with van der Waals surface area (Å²) in [4.78, 5) is 2.34. The van der Waals surface area contributed by atoms with Crippen molar-refractivity contribution in [2.45, 2.75) is 6.10 Å². The molecule has 1 atom stereocenters. The fraction of sp³-hybridized carbons (Fsp3) is 0.333. The van der Waals surface area contributed by atoms with Gasteiger partial charge < -0.3 is 19.7 Å². The van der Waals surface area contributed by atoms with Gasteiger partial charge in [0.2, 0.25) is 0 Å². The number of allylic oxidation sites excluding steroid dienone is 2. The topological polar surface area (TPSA) is 33.7 Å². The molecule has 22 heavy (non-hydrogen) atoms. The number of nitrogens with one attached hydrogen (secondary N) is 1. The zero-order valence-electron chi connectivity index (χ0n) is 12.7. The number of fused-ring (bicyclic) bond motifs is 2. The minimum absolute atomic E-state index is 0.0697. The predicted molar refractivity (Wildman–Crippen MR) is 86.1 cm³/mol. The molecule has 1 unspecified atom stereocenters. The molecule has 0 bridgehead atoms. The minimum Gasteiger partial charge on any atom is -0.496 e.